The lowest BCUT2D eigenvalue weighted by Gasteiger charge is -2.14. The molecule has 2 aromatic rings. The van der Waals surface area contributed by atoms with Gasteiger partial charge in [0, 0.05) is 16.8 Å². The van der Waals surface area contributed by atoms with Gasteiger partial charge in [-0.05, 0) is 53.5 Å². The van der Waals surface area contributed by atoms with Crippen LogP contribution in [0.15, 0.2) is 58.0 Å². The minimum absolute atomic E-state index is 0.0848. The summed E-state index contributed by atoms with van der Waals surface area (Å²) in [6.45, 7) is 3.77. The highest BCUT2D eigenvalue weighted by atomic mass is 79.9. The predicted octanol–water partition coefficient (Wildman–Crippen LogP) is 4.99. The molecule has 0 spiro atoms. The van der Waals surface area contributed by atoms with E-state index in [1.807, 2.05) is 38.1 Å². The van der Waals surface area contributed by atoms with Crippen molar-refractivity contribution in [2.24, 2.45) is 10.9 Å². The molecule has 0 amide bonds. The zero-order valence-electron chi connectivity index (χ0n) is 17.0. The van der Waals surface area contributed by atoms with E-state index >= 15 is 0 Å². The quantitative estimate of drug-likeness (QED) is 0.240. The maximum Gasteiger partial charge on any atom is 0.336 e. The number of esters is 1. The second-order valence-corrected chi connectivity index (χ2v) is 7.58. The van der Waals surface area contributed by atoms with Crippen LogP contribution in [0.1, 0.15) is 31.4 Å². The fourth-order valence-corrected chi connectivity index (χ4v) is 2.84. The van der Waals surface area contributed by atoms with Crippen LogP contribution in [0.4, 0.5) is 0 Å². The predicted molar refractivity (Wildman–Crippen MR) is 120 cm³/mol. The van der Waals surface area contributed by atoms with Crippen molar-refractivity contribution in [3.05, 3.63) is 64.1 Å². The van der Waals surface area contributed by atoms with E-state index in [-0.39, 0.29) is 11.7 Å². The number of hydrogen-bond acceptors (Lipinski definition) is 5. The molecule has 0 saturated heterocycles. The van der Waals surface area contributed by atoms with Crippen LogP contribution in [-0.4, -0.2) is 36.4 Å². The van der Waals surface area contributed by atoms with Crippen molar-refractivity contribution < 1.29 is 24.2 Å². The first-order chi connectivity index (χ1) is 14.3. The third-order valence-electron chi connectivity index (χ3n) is 4.50. The Morgan fingerprint density at radius 3 is 2.40 bits per heavy atom. The summed E-state index contributed by atoms with van der Waals surface area (Å²) >= 11 is 3.36. The molecule has 0 aliphatic rings. The zero-order valence-corrected chi connectivity index (χ0v) is 18.6. The van der Waals surface area contributed by atoms with Crippen LogP contribution >= 0.6 is 15.9 Å². The van der Waals surface area contributed by atoms with Crippen LogP contribution in [0.5, 0.6) is 11.5 Å². The standard InChI is InChI=1S/C23H24BrNO5/c1-4-15(2)22(23(27)28)25-14-17-7-11-19(20(13-17)29-3)30-21(26)12-8-16-5-9-18(24)10-6-16/h5-15,22H,4H2,1-3H3,(H,27,28)/b12-8+,25-14+. The average Bonchev–Trinajstić information content (AvgIpc) is 2.73. The van der Waals surface area contributed by atoms with Crippen molar-refractivity contribution in [3.63, 3.8) is 0 Å². The number of carbonyl (C=O) groups is 2. The molecule has 2 atom stereocenters. The molecular formula is C23H24BrNO5. The third kappa shape index (κ3) is 6.84. The lowest BCUT2D eigenvalue weighted by atomic mass is 10.00. The monoisotopic (exact) mass is 473 g/mol. The number of carboxylic acids is 1. The lowest BCUT2D eigenvalue weighted by molar-refractivity contribution is -0.139. The van der Waals surface area contributed by atoms with Gasteiger partial charge in [-0.25, -0.2) is 9.59 Å². The van der Waals surface area contributed by atoms with Crippen molar-refractivity contribution in [2.45, 2.75) is 26.3 Å². The van der Waals surface area contributed by atoms with E-state index in [0.29, 0.717) is 17.7 Å². The number of nitrogens with zero attached hydrogens (tertiary/aromatic N) is 1. The second-order valence-electron chi connectivity index (χ2n) is 6.66. The Kier molecular flexibility index (Phi) is 8.80. The first-order valence-corrected chi connectivity index (χ1v) is 10.2. The highest BCUT2D eigenvalue weighted by Gasteiger charge is 2.21. The molecule has 158 valence electrons. The van der Waals surface area contributed by atoms with Gasteiger partial charge in [-0.3, -0.25) is 4.99 Å². The van der Waals surface area contributed by atoms with Gasteiger partial charge in [0.05, 0.1) is 7.11 Å². The number of rotatable bonds is 9. The molecule has 0 aliphatic heterocycles. The summed E-state index contributed by atoms with van der Waals surface area (Å²) in [4.78, 5) is 27.7. The second kappa shape index (κ2) is 11.3. The van der Waals surface area contributed by atoms with Gasteiger partial charge in [0.25, 0.3) is 0 Å². The molecule has 0 fully saturated rings. The van der Waals surface area contributed by atoms with Crippen molar-refractivity contribution in [1.29, 1.82) is 0 Å². The van der Waals surface area contributed by atoms with Gasteiger partial charge in [0.15, 0.2) is 11.5 Å². The molecule has 0 radical (unpaired) electrons. The Bertz CT molecular complexity index is 937. The van der Waals surface area contributed by atoms with Crippen LogP contribution in [0.25, 0.3) is 6.08 Å². The van der Waals surface area contributed by atoms with Crippen molar-refractivity contribution in [3.8, 4) is 11.5 Å². The summed E-state index contributed by atoms with van der Waals surface area (Å²) in [6.07, 6.45) is 5.19. The van der Waals surface area contributed by atoms with Crippen LogP contribution in [0.3, 0.4) is 0 Å². The molecule has 7 heteroatoms. The van der Waals surface area contributed by atoms with Gasteiger partial charge >= 0.3 is 11.9 Å². The Labute approximate surface area is 184 Å². The fourth-order valence-electron chi connectivity index (χ4n) is 2.57. The minimum Gasteiger partial charge on any atom is -0.493 e. The zero-order chi connectivity index (χ0) is 22.1. The van der Waals surface area contributed by atoms with Gasteiger partial charge in [0.2, 0.25) is 0 Å². The number of hydrogen-bond donors (Lipinski definition) is 1. The Morgan fingerprint density at radius 1 is 1.13 bits per heavy atom. The molecular weight excluding hydrogens is 450 g/mol. The average molecular weight is 474 g/mol. The molecule has 0 aromatic heterocycles. The van der Waals surface area contributed by atoms with E-state index in [2.05, 4.69) is 20.9 Å². The molecule has 30 heavy (non-hydrogen) atoms. The third-order valence-corrected chi connectivity index (χ3v) is 5.03. The summed E-state index contributed by atoms with van der Waals surface area (Å²) < 4.78 is 11.6. The summed E-state index contributed by atoms with van der Waals surface area (Å²) in [5.41, 5.74) is 1.51. The topological polar surface area (TPSA) is 85.2 Å². The highest BCUT2D eigenvalue weighted by Crippen LogP contribution is 2.28. The number of aliphatic carboxylic acids is 1. The molecule has 0 aliphatic carbocycles. The molecule has 6 nitrogen and oxygen atoms in total. The summed E-state index contributed by atoms with van der Waals surface area (Å²) in [7, 11) is 1.46. The number of halogens is 1. The van der Waals surface area contributed by atoms with E-state index in [4.69, 9.17) is 9.47 Å². The molecule has 2 unspecified atom stereocenters. The normalized spacial score (nSPS) is 13.3. The minimum atomic E-state index is -0.962. The van der Waals surface area contributed by atoms with Crippen molar-refractivity contribution in [1.82, 2.24) is 0 Å². The molecule has 0 saturated carbocycles. The Balaban J connectivity index is 2.11. The summed E-state index contributed by atoms with van der Waals surface area (Å²) in [5.74, 6) is -0.981. The van der Waals surface area contributed by atoms with Crippen LogP contribution < -0.4 is 9.47 Å². The van der Waals surface area contributed by atoms with Crippen molar-refractivity contribution in [2.75, 3.05) is 7.11 Å². The van der Waals surface area contributed by atoms with E-state index in [1.165, 1.54) is 19.4 Å². The fraction of sp³-hybridized carbons (Fsp3) is 0.261. The van der Waals surface area contributed by atoms with E-state index in [0.717, 1.165) is 10.0 Å². The molecule has 0 heterocycles. The SMILES string of the molecule is CCC(C)C(/N=C/c1ccc(OC(=O)/C=C/c2ccc(Br)cc2)c(OC)c1)C(=O)O. The number of carbonyl (C=O) groups excluding carboxylic acids is 1. The van der Waals surface area contributed by atoms with Gasteiger partial charge in [-0.1, -0.05) is 48.3 Å². The maximum absolute atomic E-state index is 12.1. The number of ether oxygens (including phenoxy) is 2. The summed E-state index contributed by atoms with van der Waals surface area (Å²) in [5, 5.41) is 9.34. The molecule has 2 aromatic carbocycles. The van der Waals surface area contributed by atoms with Crippen LogP contribution in [0.2, 0.25) is 0 Å². The van der Waals surface area contributed by atoms with Gasteiger partial charge < -0.3 is 14.6 Å². The van der Waals surface area contributed by atoms with Crippen LogP contribution in [0, 0.1) is 5.92 Å². The number of benzene rings is 2. The molecule has 1 N–H and O–H groups in total. The first-order valence-electron chi connectivity index (χ1n) is 9.43. The lowest BCUT2D eigenvalue weighted by Crippen LogP contribution is -2.25. The number of aliphatic imine (C=N–C) groups is 1. The largest absolute Gasteiger partial charge is 0.493 e. The van der Waals surface area contributed by atoms with Crippen LogP contribution in [-0.2, 0) is 9.59 Å². The van der Waals surface area contributed by atoms with Gasteiger partial charge in [-0.2, -0.15) is 0 Å². The maximum atomic E-state index is 12.1. The van der Waals surface area contributed by atoms with E-state index < -0.39 is 18.0 Å². The summed E-state index contributed by atoms with van der Waals surface area (Å²) in [6, 6.07) is 11.6. The van der Waals surface area contributed by atoms with Crippen molar-refractivity contribution >= 4 is 40.2 Å². The number of methoxy groups -OCH3 is 1. The molecule has 2 rings (SSSR count). The smallest absolute Gasteiger partial charge is 0.336 e. The van der Waals surface area contributed by atoms with E-state index in [9.17, 15) is 14.7 Å². The Morgan fingerprint density at radius 2 is 1.80 bits per heavy atom. The Hall–Kier alpha value is -2.93. The van der Waals surface area contributed by atoms with Gasteiger partial charge in [0.1, 0.15) is 6.04 Å². The van der Waals surface area contributed by atoms with E-state index in [1.54, 1.807) is 24.3 Å². The molecule has 0 bridgehead atoms. The highest BCUT2D eigenvalue weighted by molar-refractivity contribution is 9.10. The number of carboxylic acid groups (broad SMARTS) is 1. The first kappa shape index (κ1) is 23.3. The van der Waals surface area contributed by atoms with Gasteiger partial charge in [-0.15, -0.1) is 0 Å².